The highest BCUT2D eigenvalue weighted by Crippen LogP contribution is 2.39. The molecule has 2 N–H and O–H groups in total. The fourth-order valence-corrected chi connectivity index (χ4v) is 3.30. The third-order valence-corrected chi connectivity index (χ3v) is 4.29. The van der Waals surface area contributed by atoms with Crippen molar-refractivity contribution in [1.29, 1.82) is 0 Å². The molecule has 0 fully saturated rings. The van der Waals surface area contributed by atoms with Gasteiger partial charge in [0.15, 0.2) is 0 Å². The average Bonchev–Trinajstić information content (AvgIpc) is 3.06. The van der Waals surface area contributed by atoms with Crippen LogP contribution in [0, 0.1) is 0 Å². The molecule has 5 heteroatoms. The van der Waals surface area contributed by atoms with Crippen molar-refractivity contribution < 1.29 is 10.3 Å². The van der Waals surface area contributed by atoms with Gasteiger partial charge in [0.05, 0.1) is 11.1 Å². The van der Waals surface area contributed by atoms with Crippen LogP contribution in [0.15, 0.2) is 53.1 Å². The summed E-state index contributed by atoms with van der Waals surface area (Å²) in [5, 5.41) is 23.5. The van der Waals surface area contributed by atoms with Crippen LogP contribution in [0.2, 0.25) is 0 Å². The van der Waals surface area contributed by atoms with Gasteiger partial charge < -0.3 is 14.9 Å². The summed E-state index contributed by atoms with van der Waals surface area (Å²) in [6, 6.07) is 11.1. The van der Waals surface area contributed by atoms with Gasteiger partial charge in [0.1, 0.15) is 5.75 Å². The van der Waals surface area contributed by atoms with E-state index in [1.165, 1.54) is 17.6 Å². The Balaban J connectivity index is 2.22. The van der Waals surface area contributed by atoms with Crippen LogP contribution in [0.3, 0.4) is 0 Å². The van der Waals surface area contributed by atoms with E-state index in [4.69, 9.17) is 5.21 Å². The van der Waals surface area contributed by atoms with Crippen LogP contribution >= 0.6 is 11.3 Å². The van der Waals surface area contributed by atoms with Crippen molar-refractivity contribution in [3.05, 3.63) is 52.9 Å². The molecule has 0 unspecified atom stereocenters. The topological polar surface area (TPSA) is 57.8 Å². The van der Waals surface area contributed by atoms with Crippen molar-refractivity contribution in [2.24, 2.45) is 12.2 Å². The van der Waals surface area contributed by atoms with Crippen molar-refractivity contribution >= 4 is 17.6 Å². The Morgan fingerprint density at radius 3 is 2.57 bits per heavy atom. The number of thiophene rings is 1. The van der Waals surface area contributed by atoms with E-state index in [2.05, 4.69) is 5.16 Å². The van der Waals surface area contributed by atoms with E-state index >= 15 is 0 Å². The second-order valence-corrected chi connectivity index (χ2v) is 5.60. The number of benzene rings is 1. The number of nitrogens with zero attached hydrogens (tertiary/aromatic N) is 2. The zero-order chi connectivity index (χ0) is 14.8. The minimum absolute atomic E-state index is 0.242. The lowest BCUT2D eigenvalue weighted by Crippen LogP contribution is -1.92. The Bertz CT molecular complexity index is 785. The molecule has 1 aromatic carbocycles. The normalized spacial score (nSPS) is 11.3. The minimum atomic E-state index is 0.242. The molecule has 2 aromatic heterocycles. The lowest BCUT2D eigenvalue weighted by Gasteiger charge is -2.08. The van der Waals surface area contributed by atoms with Gasteiger partial charge in [-0.2, -0.15) is 0 Å². The van der Waals surface area contributed by atoms with Crippen molar-refractivity contribution in [3.63, 3.8) is 0 Å². The SMILES string of the molecule is Cn1cccc1-c1c(-c2ccc(O)cc2)csc1/C=N/O. The maximum absolute atomic E-state index is 9.43. The second-order valence-electron chi connectivity index (χ2n) is 4.68. The number of aryl methyl sites for hydroxylation is 1. The predicted molar refractivity (Wildman–Crippen MR) is 85.2 cm³/mol. The molecule has 0 aliphatic carbocycles. The first-order chi connectivity index (χ1) is 10.2. The Kier molecular flexibility index (Phi) is 3.50. The van der Waals surface area contributed by atoms with Gasteiger partial charge in [-0.25, -0.2) is 0 Å². The number of aromatic nitrogens is 1. The standard InChI is InChI=1S/C16H14N2O2S/c1-18-8-2-3-14(18)16-13(10-21-15(16)9-17-20)11-4-6-12(19)7-5-11/h2-10,19-20H,1H3/b17-9+. The summed E-state index contributed by atoms with van der Waals surface area (Å²) >= 11 is 1.52. The van der Waals surface area contributed by atoms with Gasteiger partial charge >= 0.3 is 0 Å². The van der Waals surface area contributed by atoms with Gasteiger partial charge in [0.25, 0.3) is 0 Å². The van der Waals surface area contributed by atoms with Crippen LogP contribution in [-0.2, 0) is 7.05 Å². The third-order valence-electron chi connectivity index (χ3n) is 3.37. The van der Waals surface area contributed by atoms with E-state index in [0.717, 1.165) is 27.3 Å². The molecule has 21 heavy (non-hydrogen) atoms. The smallest absolute Gasteiger partial charge is 0.115 e. The van der Waals surface area contributed by atoms with Crippen LogP contribution < -0.4 is 0 Å². The fourth-order valence-electron chi connectivity index (χ4n) is 2.36. The first-order valence-corrected chi connectivity index (χ1v) is 7.28. The number of phenolic OH excluding ortho intramolecular Hbond substituents is 1. The Morgan fingerprint density at radius 1 is 1.19 bits per heavy atom. The largest absolute Gasteiger partial charge is 0.508 e. The molecule has 0 spiro atoms. The molecule has 2 heterocycles. The molecule has 3 aromatic rings. The van der Waals surface area contributed by atoms with Gasteiger partial charge in [-0.1, -0.05) is 17.3 Å². The van der Waals surface area contributed by atoms with Gasteiger partial charge in [0, 0.05) is 30.1 Å². The Morgan fingerprint density at radius 2 is 1.95 bits per heavy atom. The molecule has 0 saturated heterocycles. The minimum Gasteiger partial charge on any atom is -0.508 e. The van der Waals surface area contributed by atoms with Gasteiger partial charge in [-0.15, -0.1) is 11.3 Å². The van der Waals surface area contributed by atoms with Crippen LogP contribution in [-0.4, -0.2) is 21.1 Å². The summed E-state index contributed by atoms with van der Waals surface area (Å²) < 4.78 is 2.03. The highest BCUT2D eigenvalue weighted by atomic mass is 32.1. The first-order valence-electron chi connectivity index (χ1n) is 6.40. The molecule has 0 atom stereocenters. The third kappa shape index (κ3) is 2.43. The van der Waals surface area contributed by atoms with E-state index in [0.29, 0.717) is 0 Å². The van der Waals surface area contributed by atoms with E-state index in [9.17, 15) is 5.11 Å². The molecule has 0 aliphatic heterocycles. The lowest BCUT2D eigenvalue weighted by atomic mass is 10.0. The van der Waals surface area contributed by atoms with E-state index in [1.54, 1.807) is 12.1 Å². The summed E-state index contributed by atoms with van der Waals surface area (Å²) in [4.78, 5) is 0.891. The average molecular weight is 298 g/mol. The van der Waals surface area contributed by atoms with Crippen LogP contribution in [0.1, 0.15) is 4.88 Å². The summed E-state index contributed by atoms with van der Waals surface area (Å²) in [5.41, 5.74) is 4.14. The summed E-state index contributed by atoms with van der Waals surface area (Å²) in [6.45, 7) is 0. The summed E-state index contributed by atoms with van der Waals surface area (Å²) in [5.74, 6) is 0.242. The van der Waals surface area contributed by atoms with E-state index < -0.39 is 0 Å². The molecule has 4 nitrogen and oxygen atoms in total. The molecule has 0 bridgehead atoms. The maximum Gasteiger partial charge on any atom is 0.115 e. The number of aromatic hydroxyl groups is 1. The highest BCUT2D eigenvalue weighted by Gasteiger charge is 2.16. The maximum atomic E-state index is 9.43. The highest BCUT2D eigenvalue weighted by molar-refractivity contribution is 7.12. The number of hydrogen-bond donors (Lipinski definition) is 2. The molecule has 0 saturated carbocycles. The molecular formula is C16H14N2O2S. The van der Waals surface area contributed by atoms with Crippen molar-refractivity contribution in [3.8, 4) is 28.1 Å². The van der Waals surface area contributed by atoms with Crippen LogP contribution in [0.4, 0.5) is 0 Å². The molecule has 0 radical (unpaired) electrons. The quantitative estimate of drug-likeness (QED) is 0.437. The number of rotatable bonds is 3. The number of hydrogen-bond acceptors (Lipinski definition) is 4. The zero-order valence-corrected chi connectivity index (χ0v) is 12.2. The molecule has 0 aliphatic rings. The molecule has 106 valence electrons. The molecule has 0 amide bonds. The summed E-state index contributed by atoms with van der Waals surface area (Å²) in [7, 11) is 1.98. The van der Waals surface area contributed by atoms with Gasteiger partial charge in [0.2, 0.25) is 0 Å². The Labute approximate surface area is 126 Å². The van der Waals surface area contributed by atoms with Crippen molar-refractivity contribution in [2.45, 2.75) is 0 Å². The lowest BCUT2D eigenvalue weighted by molar-refractivity contribution is 0.322. The zero-order valence-electron chi connectivity index (χ0n) is 11.4. The molecular weight excluding hydrogens is 284 g/mol. The van der Waals surface area contributed by atoms with Gasteiger partial charge in [-0.05, 0) is 35.2 Å². The number of phenols is 1. The first kappa shape index (κ1) is 13.5. The second kappa shape index (κ2) is 5.46. The van der Waals surface area contributed by atoms with Crippen molar-refractivity contribution in [2.75, 3.05) is 0 Å². The van der Waals surface area contributed by atoms with E-state index in [-0.39, 0.29) is 5.75 Å². The monoisotopic (exact) mass is 298 g/mol. The van der Waals surface area contributed by atoms with Crippen LogP contribution in [0.25, 0.3) is 22.4 Å². The van der Waals surface area contributed by atoms with Gasteiger partial charge in [-0.3, -0.25) is 0 Å². The van der Waals surface area contributed by atoms with Crippen LogP contribution in [0.5, 0.6) is 5.75 Å². The Hall–Kier alpha value is -2.53. The molecule has 3 rings (SSSR count). The fraction of sp³-hybridized carbons (Fsp3) is 0.0625. The van der Waals surface area contributed by atoms with Crippen molar-refractivity contribution in [1.82, 2.24) is 4.57 Å². The number of oxime groups is 1. The van der Waals surface area contributed by atoms with E-state index in [1.807, 2.05) is 47.5 Å². The predicted octanol–water partition coefficient (Wildman–Crippen LogP) is 3.93. The summed E-state index contributed by atoms with van der Waals surface area (Å²) in [6.07, 6.45) is 3.43.